The second-order valence-electron chi connectivity index (χ2n) is 24.2. The molecular formula is C70H84N12O5. The second kappa shape index (κ2) is 29.1. The summed E-state index contributed by atoms with van der Waals surface area (Å²) >= 11 is 0. The monoisotopic (exact) mass is 1170 g/mol. The molecule has 8 N–H and O–H groups in total. The van der Waals surface area contributed by atoms with Crippen LogP contribution in [0.1, 0.15) is 107 Å². The highest BCUT2D eigenvalue weighted by atomic mass is 16.5. The second-order valence-corrected chi connectivity index (χ2v) is 24.2. The third kappa shape index (κ3) is 16.1. The summed E-state index contributed by atoms with van der Waals surface area (Å²) in [7, 11) is 3.70. The molecule has 12 rings (SSSR count). The van der Waals surface area contributed by atoms with Crippen molar-refractivity contribution in [3.05, 3.63) is 180 Å². The average molecular weight is 1170 g/mol. The predicted octanol–water partition coefficient (Wildman–Crippen LogP) is 9.99. The molecule has 0 radical (unpaired) electrons. The predicted molar refractivity (Wildman–Crippen MR) is 342 cm³/mol. The van der Waals surface area contributed by atoms with Crippen LogP contribution in [0.4, 0.5) is 11.6 Å². The molecule has 17 nitrogen and oxygen atoms in total. The van der Waals surface area contributed by atoms with Gasteiger partial charge in [0.1, 0.15) is 11.6 Å². The fraction of sp³-hybridized carbons (Fsp3) is 0.400. The Bertz CT molecular complexity index is 3520. The molecule has 2 saturated carbocycles. The number of aromatic nitrogens is 6. The van der Waals surface area contributed by atoms with Crippen molar-refractivity contribution in [2.24, 2.45) is 25.9 Å². The molecule has 454 valence electrons. The van der Waals surface area contributed by atoms with Gasteiger partial charge in [0.15, 0.2) is 0 Å². The fourth-order valence-electron chi connectivity index (χ4n) is 12.8. The van der Waals surface area contributed by atoms with Crippen LogP contribution in [0.2, 0.25) is 0 Å². The smallest absolute Gasteiger partial charge is 0.255 e. The van der Waals surface area contributed by atoms with E-state index in [0.717, 1.165) is 123 Å². The molecule has 4 fully saturated rings. The number of carbonyl (C=O) groups excluding carboxylic acids is 2. The number of aliphatic hydroxyl groups is 1. The molecular weight excluding hydrogens is 1090 g/mol. The van der Waals surface area contributed by atoms with Gasteiger partial charge in [0.05, 0.1) is 67.6 Å². The lowest BCUT2D eigenvalue weighted by atomic mass is 9.89. The molecule has 2 saturated heterocycles. The minimum absolute atomic E-state index is 0.0446. The maximum atomic E-state index is 13.2. The van der Waals surface area contributed by atoms with Crippen molar-refractivity contribution in [3.63, 3.8) is 0 Å². The van der Waals surface area contributed by atoms with E-state index in [1.165, 1.54) is 65.5 Å². The Morgan fingerprint density at radius 1 is 0.529 bits per heavy atom. The number of hydrogen-bond donors (Lipinski definition) is 6. The topological polar surface area (TPSA) is 226 Å². The van der Waals surface area contributed by atoms with E-state index in [9.17, 15) is 9.59 Å². The number of aliphatic hydroxyl groups excluding tert-OH is 1. The number of nitrogens with two attached hydrogens (primary N) is 2. The van der Waals surface area contributed by atoms with Gasteiger partial charge in [-0.15, -0.1) is 0 Å². The van der Waals surface area contributed by atoms with Gasteiger partial charge < -0.3 is 46.9 Å². The normalized spacial score (nSPS) is 19.2. The van der Waals surface area contributed by atoms with Gasteiger partial charge in [-0.05, 0) is 172 Å². The number of amides is 2. The molecule has 4 atom stereocenters. The molecule has 4 aliphatic rings. The van der Waals surface area contributed by atoms with Gasteiger partial charge in [0, 0.05) is 67.7 Å². The van der Waals surface area contributed by atoms with Crippen LogP contribution in [0.5, 0.6) is 0 Å². The largest absolute Gasteiger partial charge is 0.395 e. The molecule has 4 aromatic carbocycles. The van der Waals surface area contributed by atoms with Crippen molar-refractivity contribution >= 4 is 23.5 Å². The zero-order valence-electron chi connectivity index (χ0n) is 50.3. The maximum absolute atomic E-state index is 13.2. The zero-order valence-corrected chi connectivity index (χ0v) is 50.3. The van der Waals surface area contributed by atoms with Crippen molar-refractivity contribution in [2.45, 2.75) is 115 Å². The molecule has 17 heteroatoms. The Morgan fingerprint density at radius 2 is 0.931 bits per heavy atom. The summed E-state index contributed by atoms with van der Waals surface area (Å²) in [6, 6.07) is 38.6. The number of piperidine rings is 2. The number of β-amino-alcohol motifs (C(OH)–C–C–N with tert-alkyl or cyclic N) is 1. The van der Waals surface area contributed by atoms with Gasteiger partial charge >= 0.3 is 0 Å². The van der Waals surface area contributed by atoms with E-state index >= 15 is 0 Å². The van der Waals surface area contributed by atoms with Gasteiger partial charge in [-0.1, -0.05) is 97.1 Å². The van der Waals surface area contributed by atoms with Gasteiger partial charge in [0.25, 0.3) is 11.8 Å². The lowest BCUT2D eigenvalue weighted by molar-refractivity contribution is 0.0272. The molecule has 4 aromatic heterocycles. The quantitative estimate of drug-likeness (QED) is 0.0418. The van der Waals surface area contributed by atoms with E-state index in [2.05, 4.69) is 138 Å². The average Bonchev–Trinajstić information content (AvgIpc) is 4.58. The number of nitrogens with one attached hydrogen (secondary N) is 3. The first-order chi connectivity index (χ1) is 42.5. The van der Waals surface area contributed by atoms with Crippen LogP contribution >= 0.6 is 0 Å². The first kappa shape index (κ1) is 60.6. The minimum atomic E-state index is -0.231. The fourth-order valence-corrected chi connectivity index (χ4v) is 12.8. The number of ether oxygens (including phenoxy) is 2. The highest BCUT2D eigenvalue weighted by Crippen LogP contribution is 2.31. The molecule has 2 amide bonds. The summed E-state index contributed by atoms with van der Waals surface area (Å²) in [6.45, 7) is 6.51. The summed E-state index contributed by atoms with van der Waals surface area (Å²) in [5, 5.41) is 27.4. The van der Waals surface area contributed by atoms with Crippen LogP contribution in [0.3, 0.4) is 0 Å². The van der Waals surface area contributed by atoms with Crippen LogP contribution in [-0.4, -0.2) is 115 Å². The number of anilines is 2. The van der Waals surface area contributed by atoms with Crippen molar-refractivity contribution in [3.8, 4) is 44.5 Å². The molecule has 87 heavy (non-hydrogen) atoms. The number of nitrogens with zero attached hydrogens (tertiary/aromatic N) is 7. The molecule has 0 spiro atoms. The highest BCUT2D eigenvalue weighted by molar-refractivity contribution is 6.00. The van der Waals surface area contributed by atoms with Gasteiger partial charge in [0.2, 0.25) is 0 Å². The van der Waals surface area contributed by atoms with Crippen molar-refractivity contribution in [2.75, 3.05) is 50.8 Å². The van der Waals surface area contributed by atoms with Crippen molar-refractivity contribution in [1.29, 1.82) is 0 Å². The SMILES string of the molecule is Cn1cc(-c2cnc(N)c(C(=O)N[C@H]3CCC[C@@H]3OCc3ccc(-c4ccc(CC5CCN(CCO)CC5)cc4)cc3)c2)cn1.Cn1cc(-c2cnc(N)c(C(=O)N[C@H]3CCC[C@@H]3OCc3ccc(-c4ccc(CC5CCNCC5)cc4)cc3)c2)cn1. The third-order valence-electron chi connectivity index (χ3n) is 18.0. The number of pyridine rings is 2. The van der Waals surface area contributed by atoms with Crippen LogP contribution in [0, 0.1) is 11.8 Å². The van der Waals surface area contributed by atoms with E-state index in [-0.39, 0.29) is 54.3 Å². The van der Waals surface area contributed by atoms with E-state index in [1.54, 1.807) is 46.3 Å². The first-order valence-electron chi connectivity index (χ1n) is 31.2. The number of nitrogen functional groups attached to an aromatic ring is 2. The Balaban J connectivity index is 0.000000181. The molecule has 2 aliphatic heterocycles. The van der Waals surface area contributed by atoms with Crippen LogP contribution < -0.4 is 27.4 Å². The molecule has 0 unspecified atom stereocenters. The Hall–Kier alpha value is -8.06. The first-order valence-corrected chi connectivity index (χ1v) is 31.2. The number of hydrogen-bond acceptors (Lipinski definition) is 13. The number of aryl methyl sites for hydroxylation is 2. The lowest BCUT2D eigenvalue weighted by Crippen LogP contribution is -2.41. The summed E-state index contributed by atoms with van der Waals surface area (Å²) < 4.78 is 16.1. The molecule has 8 aromatic rings. The Labute approximate surface area is 511 Å². The zero-order chi connectivity index (χ0) is 60.1. The molecule has 6 heterocycles. The number of rotatable bonds is 20. The van der Waals surface area contributed by atoms with E-state index in [4.69, 9.17) is 26.0 Å². The van der Waals surface area contributed by atoms with Gasteiger partial charge in [-0.3, -0.25) is 19.0 Å². The van der Waals surface area contributed by atoms with Crippen molar-refractivity contribution in [1.82, 2.24) is 50.4 Å². The lowest BCUT2D eigenvalue weighted by Gasteiger charge is -2.31. The number of carbonyl (C=O) groups is 2. The van der Waals surface area contributed by atoms with E-state index < -0.39 is 0 Å². The van der Waals surface area contributed by atoms with Crippen LogP contribution in [-0.2, 0) is 49.6 Å². The van der Waals surface area contributed by atoms with E-state index in [1.807, 2.05) is 26.5 Å². The van der Waals surface area contributed by atoms with Gasteiger partial charge in [-0.25, -0.2) is 9.97 Å². The highest BCUT2D eigenvalue weighted by Gasteiger charge is 2.32. The van der Waals surface area contributed by atoms with Crippen LogP contribution in [0.25, 0.3) is 44.5 Å². The number of likely N-dealkylation sites (tertiary alicyclic amines) is 1. The Kier molecular flexibility index (Phi) is 20.3. The summed E-state index contributed by atoms with van der Waals surface area (Å²) in [5.41, 5.74) is 26.2. The van der Waals surface area contributed by atoms with Crippen molar-refractivity contribution < 1.29 is 24.2 Å². The maximum Gasteiger partial charge on any atom is 0.255 e. The summed E-state index contributed by atoms with van der Waals surface area (Å²) in [6.07, 6.45) is 23.3. The van der Waals surface area contributed by atoms with Crippen LogP contribution in [0.15, 0.2) is 146 Å². The minimum Gasteiger partial charge on any atom is -0.395 e. The summed E-state index contributed by atoms with van der Waals surface area (Å²) in [4.78, 5) is 37.3. The third-order valence-corrected chi connectivity index (χ3v) is 18.0. The van der Waals surface area contributed by atoms with Gasteiger partial charge in [-0.2, -0.15) is 10.2 Å². The standard InChI is InChI=1S/C36H44N6O3.C34H40N6O2/c1-41-23-31(22-39-41)30-20-32(35(37)38-21-30)36(44)40-33-3-2-4-34(33)45-24-27-7-11-29(12-8-27)28-9-5-25(6-10-28)19-26-13-15-42(16-14-26)17-18-43;1-40-21-29(20-38-40)28-18-30(33(35)37-19-28)34(41)39-31-3-2-4-32(31)42-22-25-7-11-27(12-8-25)26-9-5-23(6-10-26)17-24-13-15-36-16-14-24/h5-12,20-23,26,33-34,43H,2-4,13-19,24H2,1H3,(H2,37,38)(H,40,44);5-12,18-21,24,31-32,36H,2-4,13-17,22H2,1H3,(H2,35,37)(H,39,41)/t33-,34-;31-,32-/m00/s1. The van der Waals surface area contributed by atoms with E-state index in [0.29, 0.717) is 24.3 Å². The summed E-state index contributed by atoms with van der Waals surface area (Å²) in [5.74, 6) is 1.48. The molecule has 0 bridgehead atoms. The Morgan fingerprint density at radius 3 is 1.32 bits per heavy atom. The molecule has 2 aliphatic carbocycles. The number of benzene rings is 4.